The summed E-state index contributed by atoms with van der Waals surface area (Å²) in [7, 11) is 0. The molecule has 290 valence electrons. The summed E-state index contributed by atoms with van der Waals surface area (Å²) in [6.07, 6.45) is 0. The predicted molar refractivity (Wildman–Crippen MR) is 274 cm³/mol. The molecule has 1 heteroatoms. The Morgan fingerprint density at radius 2 is 0.635 bits per heavy atom. The minimum atomic E-state index is 1.20. The Hall–Kier alpha value is -7.84. The molecule has 0 aliphatic heterocycles. The van der Waals surface area contributed by atoms with Gasteiger partial charge >= 0.3 is 0 Å². The summed E-state index contributed by atoms with van der Waals surface area (Å²) in [6.45, 7) is 0. The summed E-state index contributed by atoms with van der Waals surface area (Å²) in [6, 6.07) is 82.0. The highest BCUT2D eigenvalue weighted by Gasteiger charge is 2.17. The molecule has 0 spiro atoms. The van der Waals surface area contributed by atoms with Gasteiger partial charge in [-0.25, -0.2) is 0 Å². The van der Waals surface area contributed by atoms with Crippen LogP contribution in [0.3, 0.4) is 0 Å². The Morgan fingerprint density at radius 3 is 1.21 bits per heavy atom. The Kier molecular flexibility index (Phi) is 7.37. The molecule has 1 aromatic heterocycles. The minimum Gasteiger partial charge on any atom is -0.135 e. The van der Waals surface area contributed by atoms with Gasteiger partial charge in [0, 0.05) is 20.2 Å². The molecule has 13 aromatic carbocycles. The van der Waals surface area contributed by atoms with E-state index in [1.54, 1.807) is 0 Å². The molecule has 0 atom stereocenters. The van der Waals surface area contributed by atoms with Crippen LogP contribution in [-0.4, -0.2) is 0 Å². The number of fused-ring (bicyclic) bond motifs is 3. The summed E-state index contributed by atoms with van der Waals surface area (Å²) >= 11 is 1.89. The quantitative estimate of drug-likeness (QED) is 0.152. The molecule has 0 bridgehead atoms. The monoisotopic (exact) mass is 812 g/mol. The van der Waals surface area contributed by atoms with Crippen molar-refractivity contribution in [3.63, 3.8) is 0 Å². The summed E-state index contributed by atoms with van der Waals surface area (Å²) in [5, 5.41) is 18.3. The zero-order valence-electron chi connectivity index (χ0n) is 34.2. The topological polar surface area (TPSA) is 0 Å². The van der Waals surface area contributed by atoms with Gasteiger partial charge in [0.05, 0.1) is 0 Å². The van der Waals surface area contributed by atoms with Gasteiger partial charge in [0.1, 0.15) is 0 Å². The van der Waals surface area contributed by atoms with Gasteiger partial charge in [0.2, 0.25) is 0 Å². The maximum Gasteiger partial charge on any atom is 0.0433 e. The standard InChI is InChI=1S/C62H36S/c1-2-19-57-53(16-1)56-18-7-17-52(62(56)63-57)49-35-47(43-12-5-14-45(32-43)50-28-24-41-22-20-37-8-3-10-39-26-30-54(50)60(41)58(37)39)34-48(36-49)44-13-6-15-46(33-44)51-29-25-42-23-21-38-9-4-11-40-27-31-55(51)61(42)59(38)40/h1-36H. The molecule has 0 nitrogen and oxygen atoms in total. The maximum atomic E-state index is 2.41. The van der Waals surface area contributed by atoms with Gasteiger partial charge in [-0.1, -0.05) is 182 Å². The normalized spacial score (nSPS) is 12.1. The van der Waals surface area contributed by atoms with E-state index < -0.39 is 0 Å². The summed E-state index contributed by atoms with van der Waals surface area (Å²) in [5.74, 6) is 0. The first kappa shape index (κ1) is 34.8. The summed E-state index contributed by atoms with van der Waals surface area (Å²) in [5.41, 5.74) is 12.3. The van der Waals surface area contributed by atoms with E-state index in [2.05, 4.69) is 218 Å². The highest BCUT2D eigenvalue weighted by atomic mass is 32.1. The number of benzene rings is 13. The largest absolute Gasteiger partial charge is 0.135 e. The van der Waals surface area contributed by atoms with Crippen LogP contribution in [0.4, 0.5) is 0 Å². The Morgan fingerprint density at radius 1 is 0.222 bits per heavy atom. The lowest BCUT2D eigenvalue weighted by Gasteiger charge is -2.16. The van der Waals surface area contributed by atoms with E-state index in [4.69, 9.17) is 0 Å². The fourth-order valence-corrected chi connectivity index (χ4v) is 12.0. The van der Waals surface area contributed by atoms with E-state index in [0.717, 1.165) is 0 Å². The van der Waals surface area contributed by atoms with Crippen LogP contribution in [0.15, 0.2) is 218 Å². The molecule has 0 radical (unpaired) electrons. The van der Waals surface area contributed by atoms with Gasteiger partial charge in [-0.05, 0) is 157 Å². The van der Waals surface area contributed by atoms with Crippen LogP contribution >= 0.6 is 11.3 Å². The highest BCUT2D eigenvalue weighted by molar-refractivity contribution is 7.26. The lowest BCUT2D eigenvalue weighted by atomic mass is 9.87. The molecule has 14 rings (SSSR count). The minimum absolute atomic E-state index is 1.20. The van der Waals surface area contributed by atoms with Crippen LogP contribution in [0.1, 0.15) is 0 Å². The number of hydrogen-bond acceptors (Lipinski definition) is 1. The molecule has 0 saturated carbocycles. The molecule has 0 amide bonds. The van der Waals surface area contributed by atoms with Crippen molar-refractivity contribution in [3.05, 3.63) is 218 Å². The third-order valence-electron chi connectivity index (χ3n) is 13.7. The molecular weight excluding hydrogens is 777 g/mol. The molecule has 0 aliphatic carbocycles. The van der Waals surface area contributed by atoms with Gasteiger partial charge in [-0.2, -0.15) is 0 Å². The fraction of sp³-hybridized carbons (Fsp3) is 0. The average Bonchev–Trinajstić information content (AvgIpc) is 3.74. The van der Waals surface area contributed by atoms with E-state index in [0.29, 0.717) is 0 Å². The first-order valence-corrected chi connectivity index (χ1v) is 22.6. The first-order chi connectivity index (χ1) is 31.2. The molecule has 0 N–H and O–H groups in total. The predicted octanol–water partition coefficient (Wildman–Crippen LogP) is 18.2. The van der Waals surface area contributed by atoms with Crippen LogP contribution in [0.25, 0.3) is 140 Å². The van der Waals surface area contributed by atoms with E-state index in [1.807, 2.05) is 11.3 Å². The second-order valence-electron chi connectivity index (χ2n) is 17.2. The third-order valence-corrected chi connectivity index (χ3v) is 14.9. The Labute approximate surface area is 368 Å². The van der Waals surface area contributed by atoms with Crippen molar-refractivity contribution in [2.45, 2.75) is 0 Å². The van der Waals surface area contributed by atoms with Gasteiger partial charge in [0.25, 0.3) is 0 Å². The molecule has 0 unspecified atom stereocenters. The van der Waals surface area contributed by atoms with Crippen LogP contribution in [0.2, 0.25) is 0 Å². The van der Waals surface area contributed by atoms with E-state index in [9.17, 15) is 0 Å². The highest BCUT2D eigenvalue weighted by Crippen LogP contribution is 2.45. The van der Waals surface area contributed by atoms with Gasteiger partial charge < -0.3 is 0 Å². The van der Waals surface area contributed by atoms with Crippen LogP contribution < -0.4 is 0 Å². The van der Waals surface area contributed by atoms with E-state index in [-0.39, 0.29) is 0 Å². The smallest absolute Gasteiger partial charge is 0.0433 e. The van der Waals surface area contributed by atoms with Crippen molar-refractivity contribution in [2.75, 3.05) is 0 Å². The van der Waals surface area contributed by atoms with Crippen molar-refractivity contribution in [1.29, 1.82) is 0 Å². The van der Waals surface area contributed by atoms with E-state index in [1.165, 1.54) is 140 Å². The van der Waals surface area contributed by atoms with Crippen LogP contribution in [0, 0.1) is 0 Å². The zero-order valence-corrected chi connectivity index (χ0v) is 35.0. The molecule has 63 heavy (non-hydrogen) atoms. The van der Waals surface area contributed by atoms with Crippen LogP contribution in [-0.2, 0) is 0 Å². The molecule has 0 aliphatic rings. The van der Waals surface area contributed by atoms with Gasteiger partial charge in [0.15, 0.2) is 0 Å². The van der Waals surface area contributed by atoms with Crippen molar-refractivity contribution >= 4 is 96.1 Å². The van der Waals surface area contributed by atoms with Gasteiger partial charge in [-0.15, -0.1) is 11.3 Å². The molecule has 14 aromatic rings. The SMILES string of the molecule is c1cc(-c2cc(-c3cccc(-c4ccc5ccc6cccc7ccc4c5c67)c3)cc(-c3cccc4c3sc3ccccc34)c2)cc(-c2ccc3ccc4cccc5ccc2c3c45)c1. The van der Waals surface area contributed by atoms with E-state index >= 15 is 0 Å². The zero-order chi connectivity index (χ0) is 41.2. The van der Waals surface area contributed by atoms with Crippen molar-refractivity contribution in [2.24, 2.45) is 0 Å². The molecular formula is C62H36S. The lowest BCUT2D eigenvalue weighted by Crippen LogP contribution is -1.90. The second kappa shape index (κ2) is 13.3. The first-order valence-electron chi connectivity index (χ1n) is 21.8. The van der Waals surface area contributed by atoms with Crippen molar-refractivity contribution in [1.82, 2.24) is 0 Å². The van der Waals surface area contributed by atoms with Crippen LogP contribution in [0.5, 0.6) is 0 Å². The summed E-state index contributed by atoms with van der Waals surface area (Å²) < 4.78 is 2.64. The number of thiophene rings is 1. The third kappa shape index (κ3) is 5.27. The second-order valence-corrected chi connectivity index (χ2v) is 18.2. The summed E-state index contributed by atoms with van der Waals surface area (Å²) in [4.78, 5) is 0. The van der Waals surface area contributed by atoms with Gasteiger partial charge in [-0.3, -0.25) is 0 Å². The molecule has 0 fully saturated rings. The fourth-order valence-electron chi connectivity index (χ4n) is 10.8. The Bertz CT molecular complexity index is 3900. The number of hydrogen-bond donors (Lipinski definition) is 0. The van der Waals surface area contributed by atoms with Crippen molar-refractivity contribution < 1.29 is 0 Å². The maximum absolute atomic E-state index is 2.41. The average molecular weight is 813 g/mol. The molecule has 0 saturated heterocycles. The molecule has 1 heterocycles. The van der Waals surface area contributed by atoms with Crippen molar-refractivity contribution in [3.8, 4) is 55.6 Å². The number of rotatable bonds is 5. The lowest BCUT2D eigenvalue weighted by molar-refractivity contribution is 1.57. The Balaban J connectivity index is 0.964.